The molecule has 0 atom stereocenters. The number of halogens is 1. The molecule has 0 N–H and O–H groups in total. The first-order valence-corrected chi connectivity index (χ1v) is 8.32. The van der Waals surface area contributed by atoms with Gasteiger partial charge in [0.1, 0.15) is 5.75 Å². The molecule has 2 aromatic rings. The van der Waals surface area contributed by atoms with Gasteiger partial charge in [0.15, 0.2) is 4.90 Å². The number of aromatic nitrogens is 2. The highest BCUT2D eigenvalue weighted by atomic mass is 35.5. The van der Waals surface area contributed by atoms with Crippen molar-refractivity contribution in [2.24, 2.45) is 14.1 Å². The second-order valence-corrected chi connectivity index (χ2v) is 6.96. The lowest BCUT2D eigenvalue weighted by Crippen LogP contribution is -2.41. The van der Waals surface area contributed by atoms with Crippen molar-refractivity contribution in [1.29, 1.82) is 0 Å². The molecule has 0 radical (unpaired) electrons. The first kappa shape index (κ1) is 17.3. The molecule has 0 spiro atoms. The topological polar surface area (TPSA) is 87.4 Å². The Labute approximate surface area is 137 Å². The number of rotatable bonds is 3. The minimum absolute atomic E-state index is 0.00351. The molecule has 2 rings (SSSR count). The van der Waals surface area contributed by atoms with Crippen molar-refractivity contribution in [2.75, 3.05) is 0 Å². The van der Waals surface area contributed by atoms with E-state index >= 15 is 0 Å². The first-order chi connectivity index (χ1) is 10.6. The smallest absolute Gasteiger partial charge is 0.346 e. The Hall–Kier alpha value is -2.06. The fraction of sp³-hybridized carbons (Fsp3) is 0.286. The van der Waals surface area contributed by atoms with E-state index in [1.807, 2.05) is 0 Å². The molecule has 7 nitrogen and oxygen atoms in total. The van der Waals surface area contributed by atoms with Crippen LogP contribution in [0.5, 0.6) is 5.75 Å². The average molecular weight is 359 g/mol. The molecule has 0 aliphatic rings. The summed E-state index contributed by atoms with van der Waals surface area (Å²) in [5.41, 5.74) is -0.918. The molecular weight excluding hydrogens is 344 g/mol. The Morgan fingerprint density at radius 2 is 1.70 bits per heavy atom. The van der Waals surface area contributed by atoms with E-state index in [2.05, 4.69) is 0 Å². The highest BCUT2D eigenvalue weighted by Gasteiger charge is 2.27. The van der Waals surface area contributed by atoms with Crippen LogP contribution in [0, 0.1) is 13.8 Å². The summed E-state index contributed by atoms with van der Waals surface area (Å²) < 4.78 is 31.8. The molecule has 0 saturated heterocycles. The molecule has 0 amide bonds. The van der Waals surface area contributed by atoms with Crippen LogP contribution in [0.15, 0.2) is 32.7 Å². The summed E-state index contributed by atoms with van der Waals surface area (Å²) in [5, 5.41) is 0.462. The standard InChI is InChI=1S/C14H15ClN2O5S/c1-8-7-10(5-6-11(8)15)22-23(20,21)12-9(2)16(3)14(19)17(4)13(12)18/h5-7H,1-4H3. The van der Waals surface area contributed by atoms with Gasteiger partial charge in [-0.05, 0) is 37.6 Å². The maximum Gasteiger partial charge on any atom is 0.346 e. The number of hydrogen-bond donors (Lipinski definition) is 0. The van der Waals surface area contributed by atoms with Crippen LogP contribution in [-0.4, -0.2) is 17.6 Å². The quantitative estimate of drug-likeness (QED) is 0.767. The third-order valence-electron chi connectivity index (χ3n) is 3.49. The van der Waals surface area contributed by atoms with Gasteiger partial charge in [-0.1, -0.05) is 11.6 Å². The van der Waals surface area contributed by atoms with E-state index in [1.54, 1.807) is 6.92 Å². The number of aryl methyl sites for hydroxylation is 1. The normalized spacial score (nSPS) is 11.5. The summed E-state index contributed by atoms with van der Waals surface area (Å²) in [6.07, 6.45) is 0. The van der Waals surface area contributed by atoms with Crippen LogP contribution < -0.4 is 15.4 Å². The maximum atomic E-state index is 12.5. The fourth-order valence-corrected chi connectivity index (χ4v) is 3.45. The average Bonchev–Trinajstić information content (AvgIpc) is 2.46. The van der Waals surface area contributed by atoms with Crippen LogP contribution in [-0.2, 0) is 24.2 Å². The van der Waals surface area contributed by atoms with Crippen molar-refractivity contribution in [3.8, 4) is 5.75 Å². The summed E-state index contributed by atoms with van der Waals surface area (Å²) in [6.45, 7) is 3.06. The lowest BCUT2D eigenvalue weighted by Gasteiger charge is -2.13. The molecule has 124 valence electrons. The van der Waals surface area contributed by atoms with Gasteiger partial charge >= 0.3 is 15.8 Å². The molecule has 1 aromatic carbocycles. The molecule has 0 aliphatic carbocycles. The van der Waals surface area contributed by atoms with Gasteiger partial charge in [0, 0.05) is 24.8 Å². The second kappa shape index (κ2) is 5.86. The van der Waals surface area contributed by atoms with E-state index < -0.39 is 26.3 Å². The Morgan fingerprint density at radius 3 is 2.26 bits per heavy atom. The summed E-state index contributed by atoms with van der Waals surface area (Å²) in [7, 11) is -1.82. The molecule has 0 saturated carbocycles. The van der Waals surface area contributed by atoms with Gasteiger partial charge in [0.25, 0.3) is 5.56 Å². The number of nitrogens with zero attached hydrogens (tertiary/aromatic N) is 2. The van der Waals surface area contributed by atoms with Crippen molar-refractivity contribution in [3.05, 3.63) is 55.3 Å². The highest BCUT2D eigenvalue weighted by Crippen LogP contribution is 2.24. The van der Waals surface area contributed by atoms with E-state index in [0.717, 1.165) is 9.13 Å². The lowest BCUT2D eigenvalue weighted by molar-refractivity contribution is 0.478. The van der Waals surface area contributed by atoms with Gasteiger partial charge in [-0.2, -0.15) is 8.42 Å². The zero-order valence-electron chi connectivity index (χ0n) is 13.0. The number of benzene rings is 1. The first-order valence-electron chi connectivity index (χ1n) is 6.53. The second-order valence-electron chi connectivity index (χ2n) is 5.07. The molecule has 1 aromatic heterocycles. The van der Waals surface area contributed by atoms with Crippen LogP contribution in [0.25, 0.3) is 0 Å². The van der Waals surface area contributed by atoms with Crippen LogP contribution in [0.2, 0.25) is 5.02 Å². The van der Waals surface area contributed by atoms with Crippen molar-refractivity contribution >= 4 is 21.7 Å². The molecule has 23 heavy (non-hydrogen) atoms. The zero-order valence-corrected chi connectivity index (χ0v) is 14.5. The minimum Gasteiger partial charge on any atom is -0.379 e. The van der Waals surface area contributed by atoms with Crippen LogP contribution in [0.1, 0.15) is 11.3 Å². The van der Waals surface area contributed by atoms with E-state index in [1.165, 1.54) is 39.2 Å². The fourth-order valence-electron chi connectivity index (χ4n) is 2.04. The highest BCUT2D eigenvalue weighted by molar-refractivity contribution is 7.87. The van der Waals surface area contributed by atoms with Gasteiger partial charge in [-0.3, -0.25) is 13.9 Å². The molecule has 9 heteroatoms. The van der Waals surface area contributed by atoms with Gasteiger partial charge in [0.05, 0.1) is 0 Å². The largest absolute Gasteiger partial charge is 0.379 e. The predicted molar refractivity (Wildman–Crippen MR) is 85.7 cm³/mol. The number of hydrogen-bond acceptors (Lipinski definition) is 5. The molecule has 0 aliphatic heterocycles. The van der Waals surface area contributed by atoms with Crippen LogP contribution >= 0.6 is 11.6 Å². The third kappa shape index (κ3) is 3.04. The van der Waals surface area contributed by atoms with E-state index in [4.69, 9.17) is 15.8 Å². The molecule has 0 bridgehead atoms. The Balaban J connectivity index is 2.63. The molecule has 0 unspecified atom stereocenters. The van der Waals surface area contributed by atoms with E-state index in [0.29, 0.717) is 10.6 Å². The SMILES string of the molecule is Cc1cc(OS(=O)(=O)c2c(C)n(C)c(=O)n(C)c2=O)ccc1Cl. The van der Waals surface area contributed by atoms with Crippen LogP contribution in [0.3, 0.4) is 0 Å². The molecule has 1 heterocycles. The van der Waals surface area contributed by atoms with Gasteiger partial charge < -0.3 is 4.18 Å². The molecule has 0 fully saturated rings. The molecular formula is C14H15ClN2O5S. The van der Waals surface area contributed by atoms with Crippen molar-refractivity contribution < 1.29 is 12.6 Å². The summed E-state index contributed by atoms with van der Waals surface area (Å²) in [6, 6.07) is 4.32. The summed E-state index contributed by atoms with van der Waals surface area (Å²) in [4.78, 5) is 23.4. The summed E-state index contributed by atoms with van der Waals surface area (Å²) in [5.74, 6) is 0.0298. The minimum atomic E-state index is -4.40. The Kier molecular flexibility index (Phi) is 4.41. The zero-order chi connectivity index (χ0) is 17.5. The van der Waals surface area contributed by atoms with Crippen molar-refractivity contribution in [3.63, 3.8) is 0 Å². The van der Waals surface area contributed by atoms with Crippen molar-refractivity contribution in [2.45, 2.75) is 18.7 Å². The van der Waals surface area contributed by atoms with E-state index in [9.17, 15) is 18.0 Å². The van der Waals surface area contributed by atoms with Gasteiger partial charge in [0.2, 0.25) is 0 Å². The monoisotopic (exact) mass is 358 g/mol. The van der Waals surface area contributed by atoms with Crippen molar-refractivity contribution in [1.82, 2.24) is 9.13 Å². The summed E-state index contributed by atoms with van der Waals surface area (Å²) >= 11 is 5.88. The third-order valence-corrected chi connectivity index (χ3v) is 5.30. The predicted octanol–water partition coefficient (Wildman–Crippen LogP) is 1.12. The Bertz CT molecular complexity index is 1010. The Morgan fingerprint density at radius 1 is 1.09 bits per heavy atom. The van der Waals surface area contributed by atoms with Gasteiger partial charge in [-0.25, -0.2) is 4.79 Å². The lowest BCUT2D eigenvalue weighted by atomic mass is 10.2. The van der Waals surface area contributed by atoms with E-state index in [-0.39, 0.29) is 11.4 Å². The van der Waals surface area contributed by atoms with Crippen LogP contribution in [0.4, 0.5) is 0 Å². The van der Waals surface area contributed by atoms with Gasteiger partial charge in [-0.15, -0.1) is 0 Å². The maximum absolute atomic E-state index is 12.5.